The number of aromatic nitrogens is 2. The first-order valence-corrected chi connectivity index (χ1v) is 6.49. The van der Waals surface area contributed by atoms with Gasteiger partial charge in [-0.3, -0.25) is 9.59 Å². The molecule has 0 amide bonds. The van der Waals surface area contributed by atoms with E-state index in [-0.39, 0.29) is 13.2 Å². The number of ether oxygens (including phenoxy) is 1. The van der Waals surface area contributed by atoms with Crippen LogP contribution < -0.4 is 11.2 Å². The minimum Gasteiger partial charge on any atom is -0.465 e. The van der Waals surface area contributed by atoms with E-state index in [1.807, 2.05) is 6.92 Å². The third-order valence-corrected chi connectivity index (χ3v) is 2.87. The van der Waals surface area contributed by atoms with Crippen LogP contribution in [0.15, 0.2) is 9.59 Å². The monoisotopic (exact) mass is 268 g/mol. The number of H-pyrrole nitrogens is 1. The summed E-state index contributed by atoms with van der Waals surface area (Å²) in [6.07, 6.45) is 2.41. The first-order chi connectivity index (χ1) is 9.01. The molecule has 0 spiro atoms. The van der Waals surface area contributed by atoms with Crippen molar-refractivity contribution in [3.05, 3.63) is 32.1 Å². The number of rotatable bonds is 6. The molecule has 1 aromatic rings. The number of aromatic amines is 1. The van der Waals surface area contributed by atoms with E-state index >= 15 is 0 Å². The molecule has 0 radical (unpaired) electrons. The van der Waals surface area contributed by atoms with E-state index in [0.717, 1.165) is 17.4 Å². The van der Waals surface area contributed by atoms with Crippen molar-refractivity contribution in [3.63, 3.8) is 0 Å². The van der Waals surface area contributed by atoms with Crippen molar-refractivity contribution in [1.29, 1.82) is 0 Å². The van der Waals surface area contributed by atoms with Crippen LogP contribution in [0.2, 0.25) is 0 Å². The minimum atomic E-state index is -0.583. The van der Waals surface area contributed by atoms with Crippen LogP contribution in [0.1, 0.15) is 37.9 Å². The Hall–Kier alpha value is -1.85. The molecule has 1 N–H and O–H groups in total. The van der Waals surface area contributed by atoms with Crippen LogP contribution in [0.5, 0.6) is 0 Å². The second kappa shape index (κ2) is 6.92. The summed E-state index contributed by atoms with van der Waals surface area (Å²) in [6, 6.07) is 0. The van der Waals surface area contributed by atoms with Gasteiger partial charge in [0.2, 0.25) is 0 Å². The maximum Gasteiger partial charge on any atom is 0.329 e. The largest absolute Gasteiger partial charge is 0.465 e. The lowest BCUT2D eigenvalue weighted by Crippen LogP contribution is -2.40. The van der Waals surface area contributed by atoms with Crippen molar-refractivity contribution in [2.24, 2.45) is 0 Å². The Labute approximate surface area is 111 Å². The molecule has 0 aliphatic carbocycles. The Kier molecular flexibility index (Phi) is 5.54. The highest BCUT2D eigenvalue weighted by molar-refractivity contribution is 5.69. The number of unbranched alkanes of at least 4 members (excludes halogenated alkanes) is 1. The van der Waals surface area contributed by atoms with Gasteiger partial charge >= 0.3 is 11.7 Å². The maximum absolute atomic E-state index is 12.2. The maximum atomic E-state index is 12.2. The molecule has 6 heteroatoms. The normalized spacial score (nSPS) is 10.5. The van der Waals surface area contributed by atoms with Crippen molar-refractivity contribution >= 4 is 5.97 Å². The van der Waals surface area contributed by atoms with E-state index in [4.69, 9.17) is 4.74 Å². The zero-order valence-electron chi connectivity index (χ0n) is 11.6. The van der Waals surface area contributed by atoms with E-state index in [1.165, 1.54) is 0 Å². The number of aryl methyl sites for hydroxylation is 1. The molecule has 19 heavy (non-hydrogen) atoms. The van der Waals surface area contributed by atoms with Gasteiger partial charge in [-0.2, -0.15) is 0 Å². The van der Waals surface area contributed by atoms with Gasteiger partial charge in [-0.05, 0) is 26.7 Å². The molecule has 0 aliphatic heterocycles. The van der Waals surface area contributed by atoms with E-state index in [2.05, 4.69) is 4.98 Å². The van der Waals surface area contributed by atoms with Crippen LogP contribution in [-0.4, -0.2) is 22.1 Å². The van der Waals surface area contributed by atoms with Crippen molar-refractivity contribution in [1.82, 2.24) is 9.55 Å². The molecule has 1 heterocycles. The summed E-state index contributed by atoms with van der Waals surface area (Å²) in [5.41, 5.74) is 0.160. The van der Waals surface area contributed by atoms with Crippen LogP contribution in [0.4, 0.5) is 0 Å². The molecule has 106 valence electrons. The molecule has 0 aromatic carbocycles. The lowest BCUT2D eigenvalue weighted by atomic mass is 10.1. The summed E-state index contributed by atoms with van der Waals surface area (Å²) in [5.74, 6) is -0.583. The Morgan fingerprint density at radius 2 is 2.00 bits per heavy atom. The number of nitrogens with zero attached hydrogens (tertiary/aromatic N) is 1. The first-order valence-electron chi connectivity index (χ1n) is 6.49. The quantitative estimate of drug-likeness (QED) is 0.772. The number of nitrogens with one attached hydrogen (secondary N) is 1. The van der Waals surface area contributed by atoms with Gasteiger partial charge in [0.25, 0.3) is 5.56 Å². The average Bonchev–Trinajstić information content (AvgIpc) is 2.34. The van der Waals surface area contributed by atoms with Crippen molar-refractivity contribution in [2.75, 3.05) is 6.61 Å². The van der Waals surface area contributed by atoms with Gasteiger partial charge in [0, 0.05) is 11.3 Å². The van der Waals surface area contributed by atoms with E-state index < -0.39 is 17.2 Å². The summed E-state index contributed by atoms with van der Waals surface area (Å²) >= 11 is 0. The highest BCUT2D eigenvalue weighted by Crippen LogP contribution is 2.02. The van der Waals surface area contributed by atoms with Crippen molar-refractivity contribution < 1.29 is 9.53 Å². The number of carbonyl (C=O) groups is 1. The van der Waals surface area contributed by atoms with E-state index in [1.54, 1.807) is 13.8 Å². The second-order valence-electron chi connectivity index (χ2n) is 4.33. The van der Waals surface area contributed by atoms with Gasteiger partial charge in [0.1, 0.15) is 6.54 Å². The molecular weight excluding hydrogens is 248 g/mol. The van der Waals surface area contributed by atoms with Gasteiger partial charge in [-0.1, -0.05) is 13.3 Å². The fourth-order valence-electron chi connectivity index (χ4n) is 1.85. The van der Waals surface area contributed by atoms with Gasteiger partial charge in [-0.25, -0.2) is 9.36 Å². The second-order valence-corrected chi connectivity index (χ2v) is 4.33. The number of hydrogen-bond acceptors (Lipinski definition) is 4. The highest BCUT2D eigenvalue weighted by atomic mass is 16.5. The number of esters is 1. The van der Waals surface area contributed by atoms with Gasteiger partial charge < -0.3 is 9.72 Å². The topological polar surface area (TPSA) is 81.2 Å². The smallest absolute Gasteiger partial charge is 0.329 e. The van der Waals surface area contributed by atoms with Gasteiger partial charge in [0.05, 0.1) is 6.61 Å². The molecule has 0 bridgehead atoms. The standard InChI is InChI=1S/C13H20N2O4/c1-4-6-7-10-9(3)14-13(18)15(12(10)17)8-11(16)19-5-2/h4-8H2,1-3H3,(H,14,18). The molecule has 1 aromatic heterocycles. The lowest BCUT2D eigenvalue weighted by Gasteiger charge is -2.09. The fourth-order valence-corrected chi connectivity index (χ4v) is 1.85. The van der Waals surface area contributed by atoms with Crippen LogP contribution in [0.3, 0.4) is 0 Å². The Morgan fingerprint density at radius 1 is 1.32 bits per heavy atom. The first kappa shape index (κ1) is 15.2. The van der Waals surface area contributed by atoms with Crippen LogP contribution in [0, 0.1) is 6.92 Å². The summed E-state index contributed by atoms with van der Waals surface area (Å²) in [6.45, 7) is 5.27. The predicted octanol–water partition coefficient (Wildman–Crippen LogP) is 0.751. The zero-order chi connectivity index (χ0) is 14.4. The third kappa shape index (κ3) is 3.81. The molecular formula is C13H20N2O4. The third-order valence-electron chi connectivity index (χ3n) is 2.87. The van der Waals surface area contributed by atoms with Crippen LogP contribution in [0.25, 0.3) is 0 Å². The van der Waals surface area contributed by atoms with Gasteiger partial charge in [-0.15, -0.1) is 0 Å². The van der Waals surface area contributed by atoms with Crippen LogP contribution >= 0.6 is 0 Å². The molecule has 0 unspecified atom stereocenters. The molecule has 0 aliphatic rings. The molecule has 0 saturated heterocycles. The summed E-state index contributed by atoms with van der Waals surface area (Å²) in [4.78, 5) is 37.9. The summed E-state index contributed by atoms with van der Waals surface area (Å²) in [7, 11) is 0. The predicted molar refractivity (Wildman–Crippen MR) is 71.3 cm³/mol. The number of hydrogen-bond donors (Lipinski definition) is 1. The molecule has 6 nitrogen and oxygen atoms in total. The summed E-state index contributed by atoms with van der Waals surface area (Å²) in [5, 5.41) is 0. The average molecular weight is 268 g/mol. The van der Waals surface area contributed by atoms with Crippen molar-refractivity contribution in [2.45, 2.75) is 46.6 Å². The molecule has 0 fully saturated rings. The van der Waals surface area contributed by atoms with E-state index in [9.17, 15) is 14.4 Å². The SMILES string of the molecule is CCCCc1c(C)[nH]c(=O)n(CC(=O)OCC)c1=O. The zero-order valence-corrected chi connectivity index (χ0v) is 11.6. The van der Waals surface area contributed by atoms with Crippen molar-refractivity contribution in [3.8, 4) is 0 Å². The highest BCUT2D eigenvalue weighted by Gasteiger charge is 2.14. The lowest BCUT2D eigenvalue weighted by molar-refractivity contribution is -0.143. The Bertz CT molecular complexity index is 557. The Balaban J connectivity index is 3.14. The molecule has 1 rings (SSSR count). The Morgan fingerprint density at radius 3 is 2.58 bits per heavy atom. The summed E-state index contributed by atoms with van der Waals surface area (Å²) < 4.78 is 5.65. The van der Waals surface area contributed by atoms with Gasteiger partial charge in [0.15, 0.2) is 0 Å². The van der Waals surface area contributed by atoms with E-state index in [0.29, 0.717) is 17.7 Å². The molecule has 0 atom stereocenters. The van der Waals surface area contributed by atoms with Crippen LogP contribution in [-0.2, 0) is 22.5 Å². The molecule has 0 saturated carbocycles. The number of carbonyl (C=O) groups excluding carboxylic acids is 1. The fraction of sp³-hybridized carbons (Fsp3) is 0.615. The minimum absolute atomic E-state index is 0.222.